The molecule has 2 fully saturated rings. The first-order chi connectivity index (χ1) is 14.3. The summed E-state index contributed by atoms with van der Waals surface area (Å²) in [6.45, 7) is 9.81. The molecule has 2 aliphatic rings. The van der Waals surface area contributed by atoms with Gasteiger partial charge >= 0.3 is 11.9 Å². The molecular weight excluding hydrogens is 402 g/mol. The molecule has 1 N–H and O–H groups in total. The number of likely N-dealkylation sites (tertiary alicyclic amines) is 2. The van der Waals surface area contributed by atoms with Gasteiger partial charge in [0.2, 0.25) is 11.8 Å². The van der Waals surface area contributed by atoms with Crippen molar-refractivity contribution in [1.29, 1.82) is 0 Å². The largest absolute Gasteiger partial charge is 0.480 e. The molecule has 2 amide bonds. The van der Waals surface area contributed by atoms with E-state index in [4.69, 9.17) is 4.74 Å². The molecule has 2 saturated heterocycles. The Morgan fingerprint density at radius 1 is 0.903 bits per heavy atom. The Kier molecular flexibility index (Phi) is 7.73. The highest BCUT2D eigenvalue weighted by Crippen LogP contribution is 2.35. The van der Waals surface area contributed by atoms with Crippen molar-refractivity contribution in [3.63, 3.8) is 0 Å². The van der Waals surface area contributed by atoms with Gasteiger partial charge < -0.3 is 24.5 Å². The summed E-state index contributed by atoms with van der Waals surface area (Å²) in [6, 6.07) is -1.32. The molecule has 0 saturated carbocycles. The van der Waals surface area contributed by atoms with Gasteiger partial charge in [0.15, 0.2) is 0 Å². The van der Waals surface area contributed by atoms with Gasteiger partial charge in [-0.15, -0.1) is 0 Å². The van der Waals surface area contributed by atoms with Crippen LogP contribution in [0.25, 0.3) is 0 Å². The molecule has 0 radical (unpaired) electrons. The van der Waals surface area contributed by atoms with Crippen molar-refractivity contribution in [3.8, 4) is 0 Å². The summed E-state index contributed by atoms with van der Waals surface area (Å²) in [5, 5.41) is 9.43. The highest BCUT2D eigenvalue weighted by molar-refractivity contribution is 5.86. The number of methoxy groups -OCH3 is 1. The van der Waals surface area contributed by atoms with Crippen molar-refractivity contribution in [2.45, 2.75) is 65.5 Å². The number of carboxylic acids is 1. The minimum Gasteiger partial charge on any atom is -0.480 e. The second-order valence-corrected chi connectivity index (χ2v) is 10.5. The summed E-state index contributed by atoms with van der Waals surface area (Å²) in [5.74, 6) is -1.64. The maximum absolute atomic E-state index is 12.8. The average molecular weight is 440 g/mol. The van der Waals surface area contributed by atoms with Gasteiger partial charge in [-0.2, -0.15) is 0 Å². The van der Waals surface area contributed by atoms with Gasteiger partial charge in [0.25, 0.3) is 0 Å². The van der Waals surface area contributed by atoms with E-state index in [2.05, 4.69) is 0 Å². The summed E-state index contributed by atoms with van der Waals surface area (Å²) >= 11 is 0. The number of carboxylic acid groups (broad SMARTS) is 1. The monoisotopic (exact) mass is 439 g/mol. The predicted octanol–water partition coefficient (Wildman–Crippen LogP) is 1.21. The molecule has 9 nitrogen and oxygen atoms in total. The molecule has 0 aromatic rings. The number of aliphatic carboxylic acids is 1. The molecule has 176 valence electrons. The molecule has 0 aliphatic carbocycles. The van der Waals surface area contributed by atoms with Crippen LogP contribution in [0.4, 0.5) is 0 Å². The Morgan fingerprint density at radius 2 is 1.32 bits per heavy atom. The van der Waals surface area contributed by atoms with Gasteiger partial charge in [-0.05, 0) is 30.7 Å². The molecule has 0 aromatic heterocycles. The Bertz CT molecular complexity index is 720. The van der Waals surface area contributed by atoms with Gasteiger partial charge in [-0.25, -0.2) is 9.59 Å². The van der Waals surface area contributed by atoms with E-state index in [1.165, 1.54) is 12.0 Å². The first kappa shape index (κ1) is 25.1. The van der Waals surface area contributed by atoms with Crippen molar-refractivity contribution in [2.75, 3.05) is 40.3 Å². The van der Waals surface area contributed by atoms with Crippen LogP contribution >= 0.6 is 0 Å². The third-order valence-corrected chi connectivity index (χ3v) is 6.25. The number of hydrogen-bond donors (Lipinski definition) is 1. The second kappa shape index (κ2) is 9.54. The van der Waals surface area contributed by atoms with Crippen molar-refractivity contribution >= 4 is 23.8 Å². The third-order valence-electron chi connectivity index (χ3n) is 6.25. The lowest BCUT2D eigenvalue weighted by molar-refractivity contribution is -0.151. The van der Waals surface area contributed by atoms with Crippen molar-refractivity contribution in [1.82, 2.24) is 14.7 Å². The third kappa shape index (κ3) is 6.41. The molecule has 2 aliphatic heterocycles. The SMILES string of the molecule is COC(=O)C1CC(C)(C)CN1C(=O)CCN(C)CCC(=O)N1CC(C)(C)CC1C(=O)O. The number of nitrogens with zero attached hydrogens (tertiary/aromatic N) is 3. The van der Waals surface area contributed by atoms with E-state index in [1.807, 2.05) is 39.6 Å². The van der Waals surface area contributed by atoms with E-state index in [0.717, 1.165) is 0 Å². The van der Waals surface area contributed by atoms with E-state index in [0.29, 0.717) is 39.0 Å². The van der Waals surface area contributed by atoms with E-state index in [-0.39, 0.29) is 41.5 Å². The highest BCUT2D eigenvalue weighted by Gasteiger charge is 2.45. The summed E-state index contributed by atoms with van der Waals surface area (Å²) in [5.41, 5.74) is -0.353. The van der Waals surface area contributed by atoms with Crippen LogP contribution in [0.5, 0.6) is 0 Å². The quantitative estimate of drug-likeness (QED) is 0.567. The summed E-state index contributed by atoms with van der Waals surface area (Å²) in [4.78, 5) is 53.9. The Morgan fingerprint density at radius 3 is 1.74 bits per heavy atom. The Balaban J connectivity index is 1.84. The predicted molar refractivity (Wildman–Crippen MR) is 114 cm³/mol. The number of hydrogen-bond acceptors (Lipinski definition) is 6. The lowest BCUT2D eigenvalue weighted by Crippen LogP contribution is -2.43. The molecule has 9 heteroatoms. The number of rotatable bonds is 8. The molecule has 0 spiro atoms. The van der Waals surface area contributed by atoms with Crippen LogP contribution in [0, 0.1) is 10.8 Å². The van der Waals surface area contributed by atoms with E-state index in [9.17, 15) is 24.3 Å². The molecule has 31 heavy (non-hydrogen) atoms. The van der Waals surface area contributed by atoms with E-state index < -0.39 is 18.1 Å². The minimum absolute atomic E-state index is 0.105. The van der Waals surface area contributed by atoms with Crippen molar-refractivity contribution in [2.24, 2.45) is 10.8 Å². The molecule has 2 heterocycles. The molecule has 2 unspecified atom stereocenters. The molecule has 0 aromatic carbocycles. The van der Waals surface area contributed by atoms with Crippen LogP contribution < -0.4 is 0 Å². The van der Waals surface area contributed by atoms with E-state index >= 15 is 0 Å². The fraction of sp³-hybridized carbons (Fsp3) is 0.818. The Hall–Kier alpha value is -2.16. The lowest BCUT2D eigenvalue weighted by Gasteiger charge is -2.26. The first-order valence-electron chi connectivity index (χ1n) is 10.8. The van der Waals surface area contributed by atoms with Crippen LogP contribution in [0.3, 0.4) is 0 Å². The summed E-state index contributed by atoms with van der Waals surface area (Å²) in [7, 11) is 3.16. The Labute approximate surface area is 184 Å². The van der Waals surface area contributed by atoms with Crippen LogP contribution in [0.2, 0.25) is 0 Å². The number of amides is 2. The van der Waals surface area contributed by atoms with Gasteiger partial charge in [0, 0.05) is 39.0 Å². The maximum Gasteiger partial charge on any atom is 0.328 e. The first-order valence-corrected chi connectivity index (χ1v) is 10.8. The lowest BCUT2D eigenvalue weighted by atomic mass is 9.91. The summed E-state index contributed by atoms with van der Waals surface area (Å²) in [6.07, 6.45) is 1.47. The van der Waals surface area contributed by atoms with Crippen LogP contribution in [0.1, 0.15) is 53.4 Å². The maximum atomic E-state index is 12.8. The van der Waals surface area contributed by atoms with Crippen LogP contribution in [-0.2, 0) is 23.9 Å². The van der Waals surface area contributed by atoms with Crippen LogP contribution in [-0.4, -0.2) is 96.0 Å². The summed E-state index contributed by atoms with van der Waals surface area (Å²) < 4.78 is 4.86. The molecule has 0 bridgehead atoms. The zero-order valence-electron chi connectivity index (χ0n) is 19.6. The number of esters is 1. The van der Waals surface area contributed by atoms with Crippen LogP contribution in [0.15, 0.2) is 0 Å². The highest BCUT2D eigenvalue weighted by atomic mass is 16.5. The standard InChI is InChI=1S/C22H37N3O6/c1-21(2)11-15(19(28)29)24(13-21)17(26)7-9-23(5)10-8-18(27)25-14-22(3,4)12-16(25)20(30)31-6/h15-16H,7-14H2,1-6H3,(H,28,29). The van der Waals surface area contributed by atoms with Gasteiger partial charge in [-0.1, -0.05) is 27.7 Å². The minimum atomic E-state index is -0.966. The zero-order chi connectivity index (χ0) is 23.6. The zero-order valence-corrected chi connectivity index (χ0v) is 19.6. The fourth-order valence-corrected chi connectivity index (χ4v) is 4.60. The van der Waals surface area contributed by atoms with Crippen molar-refractivity contribution in [3.05, 3.63) is 0 Å². The fourth-order valence-electron chi connectivity index (χ4n) is 4.60. The molecule has 2 rings (SSSR count). The number of carbonyl (C=O) groups is 4. The topological polar surface area (TPSA) is 107 Å². The van der Waals surface area contributed by atoms with E-state index in [1.54, 1.807) is 4.90 Å². The normalized spacial score (nSPS) is 24.5. The molecule has 2 atom stereocenters. The number of carbonyl (C=O) groups excluding carboxylic acids is 3. The smallest absolute Gasteiger partial charge is 0.328 e. The van der Waals surface area contributed by atoms with Gasteiger partial charge in [0.1, 0.15) is 12.1 Å². The second-order valence-electron chi connectivity index (χ2n) is 10.5. The number of ether oxygens (including phenoxy) is 1. The van der Waals surface area contributed by atoms with Gasteiger partial charge in [-0.3, -0.25) is 9.59 Å². The molecular formula is C22H37N3O6. The average Bonchev–Trinajstić information content (AvgIpc) is 3.19. The van der Waals surface area contributed by atoms with Gasteiger partial charge in [0.05, 0.1) is 7.11 Å². The van der Waals surface area contributed by atoms with Crippen molar-refractivity contribution < 1.29 is 29.0 Å².